The molecule has 12 rings (SSSR count). The van der Waals surface area contributed by atoms with E-state index in [9.17, 15) is 0 Å². The maximum absolute atomic E-state index is 7.48. The summed E-state index contributed by atoms with van der Waals surface area (Å²) in [6, 6.07) is 69.4. The second-order valence-corrected chi connectivity index (χ2v) is 17.6. The summed E-state index contributed by atoms with van der Waals surface area (Å²) in [5, 5.41) is 3.21. The zero-order chi connectivity index (χ0) is 47.1. The Morgan fingerprint density at radius 2 is 0.768 bits per heavy atom. The minimum Gasteiger partial charge on any atom is -0.311 e. The lowest BCUT2D eigenvalue weighted by atomic mass is 9.64. The first-order valence-electron chi connectivity index (χ1n) is 22.8. The average molecular weight is 858 g/mol. The summed E-state index contributed by atoms with van der Waals surface area (Å²) in [7, 11) is 49.1. The molecule has 2 heterocycles. The number of benzene rings is 10. The van der Waals surface area contributed by atoms with Crippen LogP contribution in [0.3, 0.4) is 0 Å². The van der Waals surface area contributed by atoms with Gasteiger partial charge in [0.05, 0.1) is 16.7 Å². The van der Waals surface area contributed by atoms with Crippen molar-refractivity contribution in [1.82, 2.24) is 9.13 Å². The topological polar surface area (TPSA) is 9.86 Å². The Bertz CT molecular complexity index is 4000. The summed E-state index contributed by atoms with van der Waals surface area (Å²) in [6.07, 6.45) is 0. The Balaban J connectivity index is 1.14. The third kappa shape index (κ3) is 6.73. The molecule has 0 spiro atoms. The van der Waals surface area contributed by atoms with Gasteiger partial charge < -0.3 is 9.13 Å². The van der Waals surface area contributed by atoms with Gasteiger partial charge in [0.2, 0.25) is 0 Å². The van der Waals surface area contributed by atoms with Crippen LogP contribution in [0.5, 0.6) is 0 Å². The van der Waals surface area contributed by atoms with Gasteiger partial charge in [-0.25, -0.2) is 0 Å². The Kier molecular flexibility index (Phi) is 10.4. The Morgan fingerprint density at radius 3 is 1.39 bits per heavy atom. The van der Waals surface area contributed by atoms with Crippen LogP contribution in [0.25, 0.3) is 111 Å². The first-order chi connectivity index (χ1) is 33.7. The summed E-state index contributed by atoms with van der Waals surface area (Å²) in [5.74, 6) is 0. The number of hydrogen-bond donors (Lipinski definition) is 0. The molecule has 14 radical (unpaired) electrons. The Morgan fingerprint density at radius 1 is 0.275 bits per heavy atom. The molecule has 0 N–H and O–H groups in total. The van der Waals surface area contributed by atoms with Crippen LogP contribution in [-0.2, 0) is 0 Å². The lowest BCUT2D eigenvalue weighted by molar-refractivity contribution is 1.18. The molecule has 9 heteroatoms. The Hall–Kier alpha value is -7.75. The van der Waals surface area contributed by atoms with Gasteiger partial charge in [-0.15, -0.1) is 10.9 Å². The molecule has 10 aromatic carbocycles. The van der Waals surface area contributed by atoms with Crippen molar-refractivity contribution >= 4 is 137 Å². The van der Waals surface area contributed by atoms with Gasteiger partial charge in [0, 0.05) is 38.4 Å². The molecule has 2 nitrogen and oxygen atoms in total. The molecule has 0 saturated heterocycles. The summed E-state index contributed by atoms with van der Waals surface area (Å²) in [5.41, 5.74) is 16.9. The molecule has 0 bridgehead atoms. The van der Waals surface area contributed by atoms with Crippen molar-refractivity contribution < 1.29 is 0 Å². The van der Waals surface area contributed by atoms with Crippen LogP contribution in [0.2, 0.25) is 0 Å². The van der Waals surface area contributed by atoms with E-state index in [1.807, 2.05) is 47.0 Å². The van der Waals surface area contributed by atoms with Crippen LogP contribution >= 0.6 is 0 Å². The van der Waals surface area contributed by atoms with Gasteiger partial charge >= 0.3 is 0 Å². The molecular weight excluding hydrogens is 824 g/mol. The molecule has 0 unspecified atom stereocenters. The second kappa shape index (κ2) is 16.8. The number of aromatic nitrogens is 2. The zero-order valence-electron chi connectivity index (χ0n) is 37.5. The van der Waals surface area contributed by atoms with Gasteiger partial charge in [0.25, 0.3) is 0 Å². The summed E-state index contributed by atoms with van der Waals surface area (Å²) >= 11 is 0. The first kappa shape index (κ1) is 42.6. The molecule has 0 aliphatic carbocycles. The fourth-order valence-electron chi connectivity index (χ4n) is 10.4. The van der Waals surface area contributed by atoms with Crippen LogP contribution in [-0.4, -0.2) is 64.1 Å². The van der Waals surface area contributed by atoms with Crippen LogP contribution in [0.4, 0.5) is 0 Å². The molecule has 12 aromatic rings. The van der Waals surface area contributed by atoms with Crippen molar-refractivity contribution in [3.63, 3.8) is 0 Å². The van der Waals surface area contributed by atoms with E-state index in [2.05, 4.69) is 162 Å². The van der Waals surface area contributed by atoms with E-state index in [0.717, 1.165) is 83.3 Å². The van der Waals surface area contributed by atoms with E-state index < -0.39 is 0 Å². The van der Waals surface area contributed by atoms with Gasteiger partial charge in [-0.2, -0.15) is 0 Å². The predicted molar refractivity (Wildman–Crippen MR) is 300 cm³/mol. The van der Waals surface area contributed by atoms with Crippen molar-refractivity contribution in [1.29, 1.82) is 0 Å². The van der Waals surface area contributed by atoms with Gasteiger partial charge in [-0.05, 0) is 97.9 Å². The minimum absolute atomic E-state index is 0.171. The summed E-state index contributed by atoms with van der Waals surface area (Å²) in [4.78, 5) is 0. The van der Waals surface area contributed by atoms with E-state index in [1.54, 1.807) is 0 Å². The molecule has 0 saturated carbocycles. The van der Waals surface area contributed by atoms with Gasteiger partial charge in [-0.3, -0.25) is 0 Å². The maximum Gasteiger partial charge on any atom is 0.115 e. The van der Waals surface area contributed by atoms with E-state index in [0.29, 0.717) is 43.8 Å². The SMILES string of the molecule is [B]c1c([B])c([B])c2c(c1[B])c1c([B])c(-c3ccc4c(c3)c3c(-c5ccccc5)cccc3n4-c3ccc(-c4ccccc4)cc3-c3ccccc3)c([B])c([B])c1n2-c1ccc(-c2ccccc2)cc1. The number of fused-ring (bicyclic) bond motifs is 6. The molecule has 0 amide bonds. The highest BCUT2D eigenvalue weighted by molar-refractivity contribution is 6.69. The molecule has 0 atom stereocenters. The van der Waals surface area contributed by atoms with Crippen molar-refractivity contribution in [3.05, 3.63) is 200 Å². The van der Waals surface area contributed by atoms with Crippen LogP contribution in [0.15, 0.2) is 200 Å². The van der Waals surface area contributed by atoms with Crippen molar-refractivity contribution in [3.8, 4) is 67.0 Å². The monoisotopic (exact) mass is 858 g/mol. The van der Waals surface area contributed by atoms with Gasteiger partial charge in [-0.1, -0.05) is 185 Å². The largest absolute Gasteiger partial charge is 0.311 e. The fraction of sp³-hybridized carbons (Fsp3) is 0. The Labute approximate surface area is 410 Å². The average Bonchev–Trinajstić information content (AvgIpc) is 3.94. The number of hydrogen-bond acceptors (Lipinski definition) is 0. The van der Waals surface area contributed by atoms with Crippen LogP contribution < -0.4 is 38.2 Å². The lowest BCUT2D eigenvalue weighted by Gasteiger charge is -2.20. The second-order valence-electron chi connectivity index (χ2n) is 17.6. The quantitative estimate of drug-likeness (QED) is 0.145. The van der Waals surface area contributed by atoms with E-state index in [4.69, 9.17) is 54.9 Å². The maximum atomic E-state index is 7.48. The lowest BCUT2D eigenvalue weighted by Crippen LogP contribution is -2.48. The normalized spacial score (nSPS) is 11.6. The molecule has 0 aliphatic heterocycles. The number of nitrogens with zero attached hydrogens (tertiary/aromatic N) is 2. The summed E-state index contributed by atoms with van der Waals surface area (Å²) < 4.78 is 4.32. The molecule has 304 valence electrons. The number of rotatable bonds is 7. The van der Waals surface area contributed by atoms with Crippen molar-refractivity contribution in [2.75, 3.05) is 0 Å². The first-order valence-corrected chi connectivity index (χ1v) is 22.8. The van der Waals surface area contributed by atoms with Crippen LogP contribution in [0.1, 0.15) is 0 Å². The highest BCUT2D eigenvalue weighted by Gasteiger charge is 2.26. The van der Waals surface area contributed by atoms with Gasteiger partial charge in [0.1, 0.15) is 54.9 Å². The van der Waals surface area contributed by atoms with E-state index in [-0.39, 0.29) is 21.9 Å². The highest BCUT2D eigenvalue weighted by Crippen LogP contribution is 2.43. The van der Waals surface area contributed by atoms with Crippen molar-refractivity contribution in [2.24, 2.45) is 0 Å². The standard InChI is InChI=1S/C60H33B7N2/c61-52-48(53(62)57(66)59-50(52)51-54(63)55(64)56(65)58(67)60(51)68(59)41-28-24-36(25-29-41)34-14-5-1-6-15-34)40-27-31-46-44(33-40)49-42(37-18-9-3-10-19-37)22-13-23-47(49)69(46)45-30-26-39(35-16-7-2-8-17-35)32-43(45)38-20-11-4-12-21-38/h1-33H. The fourth-order valence-corrected chi connectivity index (χ4v) is 10.4. The third-order valence-electron chi connectivity index (χ3n) is 13.7. The van der Waals surface area contributed by atoms with E-state index >= 15 is 0 Å². The van der Waals surface area contributed by atoms with E-state index in [1.165, 1.54) is 0 Å². The highest BCUT2D eigenvalue weighted by atomic mass is 15.0. The summed E-state index contributed by atoms with van der Waals surface area (Å²) in [6.45, 7) is 0. The molecule has 69 heavy (non-hydrogen) atoms. The molecule has 2 aromatic heterocycles. The minimum atomic E-state index is 0.171. The van der Waals surface area contributed by atoms with Crippen molar-refractivity contribution in [2.45, 2.75) is 0 Å². The smallest absolute Gasteiger partial charge is 0.115 e. The van der Waals surface area contributed by atoms with Gasteiger partial charge in [0.15, 0.2) is 0 Å². The molecule has 0 aliphatic rings. The molecular formula is C60H33B7N2. The zero-order valence-corrected chi connectivity index (χ0v) is 37.5. The van der Waals surface area contributed by atoms with Crippen LogP contribution in [0, 0.1) is 0 Å². The third-order valence-corrected chi connectivity index (χ3v) is 13.7. The predicted octanol–water partition coefficient (Wildman–Crippen LogP) is 7.77. The molecule has 0 fully saturated rings.